The zero-order valence-electron chi connectivity index (χ0n) is 8.99. The van der Waals surface area contributed by atoms with Gasteiger partial charge >= 0.3 is 11.9 Å². The van der Waals surface area contributed by atoms with Crippen molar-refractivity contribution < 1.29 is 19.1 Å². The van der Waals surface area contributed by atoms with Crippen LogP contribution in [-0.2, 0) is 19.1 Å². The molecule has 0 amide bonds. The van der Waals surface area contributed by atoms with Crippen molar-refractivity contribution in [3.8, 4) is 0 Å². The topological polar surface area (TPSA) is 52.6 Å². The predicted molar refractivity (Wildman–Crippen MR) is 51.6 cm³/mol. The Morgan fingerprint density at radius 1 is 1.43 bits per heavy atom. The second-order valence-corrected chi connectivity index (χ2v) is 2.72. The quantitative estimate of drug-likeness (QED) is 0.509. The van der Waals surface area contributed by atoms with Gasteiger partial charge in [-0.25, -0.2) is 4.79 Å². The van der Waals surface area contributed by atoms with Crippen molar-refractivity contribution in [2.75, 3.05) is 6.61 Å². The van der Waals surface area contributed by atoms with E-state index in [9.17, 15) is 9.59 Å². The van der Waals surface area contributed by atoms with Gasteiger partial charge < -0.3 is 9.47 Å². The SMILES string of the molecule is C/C=C(\C(=O)OCC)C(C)OC(C)=O. The Bertz CT molecular complexity index is 243. The Kier molecular flexibility index (Phi) is 5.60. The van der Waals surface area contributed by atoms with Crippen LogP contribution in [0, 0.1) is 0 Å². The molecule has 0 rings (SSSR count). The number of carbonyl (C=O) groups excluding carboxylic acids is 2. The molecule has 1 atom stereocenters. The zero-order chi connectivity index (χ0) is 11.1. The molecule has 1 unspecified atom stereocenters. The van der Waals surface area contributed by atoms with Crippen LogP contribution < -0.4 is 0 Å². The Morgan fingerprint density at radius 3 is 2.36 bits per heavy atom. The minimum atomic E-state index is -0.559. The summed E-state index contributed by atoms with van der Waals surface area (Å²) in [6, 6.07) is 0. The Hall–Kier alpha value is -1.32. The average Bonchev–Trinajstić information content (AvgIpc) is 2.04. The van der Waals surface area contributed by atoms with Crippen molar-refractivity contribution in [1.29, 1.82) is 0 Å². The first-order valence-electron chi connectivity index (χ1n) is 4.53. The Balaban J connectivity index is 4.41. The number of esters is 2. The Morgan fingerprint density at radius 2 is 2.00 bits per heavy atom. The standard InChI is InChI=1S/C10H16O4/c1-5-9(10(12)13-6-2)7(3)14-8(4)11/h5,7H,6H2,1-4H3/b9-5-. The summed E-state index contributed by atoms with van der Waals surface area (Å²) in [7, 11) is 0. The normalized spacial score (nSPS) is 13.3. The van der Waals surface area contributed by atoms with Crippen molar-refractivity contribution in [2.24, 2.45) is 0 Å². The maximum absolute atomic E-state index is 11.3. The molecule has 0 radical (unpaired) electrons. The third kappa shape index (κ3) is 4.07. The van der Waals surface area contributed by atoms with E-state index < -0.39 is 18.0 Å². The van der Waals surface area contributed by atoms with Gasteiger partial charge in [-0.15, -0.1) is 0 Å². The van der Waals surface area contributed by atoms with Crippen LogP contribution in [0.3, 0.4) is 0 Å². The summed E-state index contributed by atoms with van der Waals surface area (Å²) in [5.41, 5.74) is 0.363. The molecule has 80 valence electrons. The molecule has 0 saturated heterocycles. The molecule has 0 spiro atoms. The highest BCUT2D eigenvalue weighted by atomic mass is 16.6. The van der Waals surface area contributed by atoms with Gasteiger partial charge in [0, 0.05) is 6.92 Å². The van der Waals surface area contributed by atoms with Crippen LogP contribution >= 0.6 is 0 Å². The van der Waals surface area contributed by atoms with Crippen LogP contribution in [0.5, 0.6) is 0 Å². The van der Waals surface area contributed by atoms with Gasteiger partial charge in [-0.1, -0.05) is 6.08 Å². The van der Waals surface area contributed by atoms with Gasteiger partial charge in [0.05, 0.1) is 12.2 Å². The van der Waals surface area contributed by atoms with Crippen molar-refractivity contribution in [2.45, 2.75) is 33.8 Å². The first-order chi connectivity index (χ1) is 6.52. The molecule has 0 fully saturated rings. The molecule has 0 aliphatic rings. The molecule has 4 heteroatoms. The molecule has 0 aromatic rings. The van der Waals surface area contributed by atoms with E-state index in [-0.39, 0.29) is 0 Å². The van der Waals surface area contributed by atoms with Gasteiger partial charge in [0.2, 0.25) is 0 Å². The van der Waals surface area contributed by atoms with Crippen LogP contribution in [0.25, 0.3) is 0 Å². The summed E-state index contributed by atoms with van der Waals surface area (Å²) in [5.74, 6) is -0.857. The van der Waals surface area contributed by atoms with E-state index in [2.05, 4.69) is 0 Å². The molecule has 4 nitrogen and oxygen atoms in total. The summed E-state index contributed by atoms with van der Waals surface area (Å²) in [4.78, 5) is 22.0. The van der Waals surface area contributed by atoms with E-state index in [1.54, 1.807) is 26.8 Å². The minimum Gasteiger partial charge on any atom is -0.463 e. The van der Waals surface area contributed by atoms with Crippen LogP contribution in [0.2, 0.25) is 0 Å². The maximum Gasteiger partial charge on any atom is 0.337 e. The van der Waals surface area contributed by atoms with E-state index in [0.717, 1.165) is 0 Å². The largest absolute Gasteiger partial charge is 0.463 e. The van der Waals surface area contributed by atoms with Gasteiger partial charge in [-0.05, 0) is 20.8 Å². The number of hydrogen-bond donors (Lipinski definition) is 0. The fourth-order valence-electron chi connectivity index (χ4n) is 1.05. The lowest BCUT2D eigenvalue weighted by atomic mass is 10.1. The molecular formula is C10H16O4. The molecule has 0 aliphatic carbocycles. The van der Waals surface area contributed by atoms with Gasteiger partial charge in [-0.3, -0.25) is 4.79 Å². The third-order valence-electron chi connectivity index (χ3n) is 1.60. The molecule has 0 aromatic heterocycles. The minimum absolute atomic E-state index is 0.308. The molecule has 0 saturated carbocycles. The van der Waals surface area contributed by atoms with Gasteiger partial charge in [0.15, 0.2) is 0 Å². The first-order valence-corrected chi connectivity index (χ1v) is 4.53. The number of allylic oxidation sites excluding steroid dienone is 1. The molecule has 0 heterocycles. The fraction of sp³-hybridized carbons (Fsp3) is 0.600. The number of hydrogen-bond acceptors (Lipinski definition) is 4. The predicted octanol–water partition coefficient (Wildman–Crippen LogP) is 1.45. The number of ether oxygens (including phenoxy) is 2. The van der Waals surface area contributed by atoms with E-state index in [4.69, 9.17) is 9.47 Å². The fourth-order valence-corrected chi connectivity index (χ4v) is 1.05. The van der Waals surface area contributed by atoms with Crippen LogP contribution in [0.1, 0.15) is 27.7 Å². The summed E-state index contributed by atoms with van der Waals surface area (Å²) in [5, 5.41) is 0. The summed E-state index contributed by atoms with van der Waals surface area (Å²) >= 11 is 0. The highest BCUT2D eigenvalue weighted by Gasteiger charge is 2.19. The monoisotopic (exact) mass is 200 g/mol. The lowest BCUT2D eigenvalue weighted by Crippen LogP contribution is -2.22. The van der Waals surface area contributed by atoms with Gasteiger partial charge in [0.25, 0.3) is 0 Å². The van der Waals surface area contributed by atoms with Crippen molar-refractivity contribution >= 4 is 11.9 Å². The van der Waals surface area contributed by atoms with E-state index in [1.165, 1.54) is 6.92 Å². The average molecular weight is 200 g/mol. The smallest absolute Gasteiger partial charge is 0.337 e. The summed E-state index contributed by atoms with van der Waals surface area (Å²) < 4.78 is 9.66. The molecule has 0 aliphatic heterocycles. The van der Waals surface area contributed by atoms with Crippen molar-refractivity contribution in [3.63, 3.8) is 0 Å². The first kappa shape index (κ1) is 12.7. The summed E-state index contributed by atoms with van der Waals surface area (Å²) in [6.45, 7) is 6.67. The van der Waals surface area contributed by atoms with Gasteiger partial charge in [-0.2, -0.15) is 0 Å². The molecule has 0 aromatic carbocycles. The van der Waals surface area contributed by atoms with E-state index in [1.807, 2.05) is 0 Å². The van der Waals surface area contributed by atoms with Crippen molar-refractivity contribution in [3.05, 3.63) is 11.6 Å². The van der Waals surface area contributed by atoms with E-state index >= 15 is 0 Å². The zero-order valence-corrected chi connectivity index (χ0v) is 8.99. The van der Waals surface area contributed by atoms with Crippen LogP contribution in [-0.4, -0.2) is 24.6 Å². The molecule has 14 heavy (non-hydrogen) atoms. The number of carbonyl (C=O) groups is 2. The molecular weight excluding hydrogens is 184 g/mol. The number of rotatable bonds is 4. The summed E-state index contributed by atoms with van der Waals surface area (Å²) in [6.07, 6.45) is 1.03. The van der Waals surface area contributed by atoms with Crippen LogP contribution in [0.4, 0.5) is 0 Å². The van der Waals surface area contributed by atoms with Gasteiger partial charge in [0.1, 0.15) is 6.10 Å². The lowest BCUT2D eigenvalue weighted by Gasteiger charge is -2.14. The lowest BCUT2D eigenvalue weighted by molar-refractivity contribution is -0.146. The maximum atomic E-state index is 11.3. The van der Waals surface area contributed by atoms with Crippen molar-refractivity contribution in [1.82, 2.24) is 0 Å². The van der Waals surface area contributed by atoms with E-state index in [0.29, 0.717) is 12.2 Å². The third-order valence-corrected chi connectivity index (χ3v) is 1.60. The molecule has 0 N–H and O–H groups in total. The second kappa shape index (κ2) is 6.18. The molecule has 0 bridgehead atoms. The highest BCUT2D eigenvalue weighted by Crippen LogP contribution is 2.08. The van der Waals surface area contributed by atoms with Crippen LogP contribution in [0.15, 0.2) is 11.6 Å². The Labute approximate surface area is 83.9 Å². The highest BCUT2D eigenvalue weighted by molar-refractivity contribution is 5.89. The second-order valence-electron chi connectivity index (χ2n) is 2.72.